The molecule has 3 rings (SSSR count). The van der Waals surface area contributed by atoms with E-state index in [2.05, 4.69) is 26.4 Å². The maximum Gasteiger partial charge on any atom is 0.261 e. The average molecular weight is 371 g/mol. The molecule has 2 aromatic carbocycles. The third kappa shape index (κ3) is 3.35. The SMILES string of the molecule is Cc1ccc(-c2onc(C)c2C(=O)Nc2ccc(Br)cc2)cc1. The van der Waals surface area contributed by atoms with Gasteiger partial charge in [-0.05, 0) is 38.1 Å². The molecule has 0 spiro atoms. The van der Waals surface area contributed by atoms with Crippen molar-refractivity contribution in [2.45, 2.75) is 13.8 Å². The number of nitrogens with zero attached hydrogens (tertiary/aromatic N) is 1. The van der Waals surface area contributed by atoms with E-state index in [0.29, 0.717) is 22.7 Å². The highest BCUT2D eigenvalue weighted by Gasteiger charge is 2.21. The van der Waals surface area contributed by atoms with E-state index in [-0.39, 0.29) is 5.91 Å². The molecule has 116 valence electrons. The van der Waals surface area contributed by atoms with Gasteiger partial charge in [-0.3, -0.25) is 4.79 Å². The first-order valence-electron chi connectivity index (χ1n) is 7.15. The second-order valence-electron chi connectivity index (χ2n) is 5.30. The summed E-state index contributed by atoms with van der Waals surface area (Å²) in [5.74, 6) is 0.249. The summed E-state index contributed by atoms with van der Waals surface area (Å²) < 4.78 is 6.34. The number of carbonyl (C=O) groups is 1. The van der Waals surface area contributed by atoms with Crippen molar-refractivity contribution in [2.75, 3.05) is 5.32 Å². The van der Waals surface area contributed by atoms with Gasteiger partial charge in [0.15, 0.2) is 5.76 Å². The lowest BCUT2D eigenvalue weighted by Crippen LogP contribution is -2.13. The Kier molecular flexibility index (Phi) is 4.30. The van der Waals surface area contributed by atoms with Gasteiger partial charge in [-0.25, -0.2) is 0 Å². The molecule has 0 aliphatic carbocycles. The van der Waals surface area contributed by atoms with Crippen LogP contribution in [0.2, 0.25) is 0 Å². The van der Waals surface area contributed by atoms with Crippen LogP contribution in [0.25, 0.3) is 11.3 Å². The molecule has 0 aliphatic rings. The summed E-state index contributed by atoms with van der Waals surface area (Å²) >= 11 is 3.37. The minimum absolute atomic E-state index is 0.235. The van der Waals surface area contributed by atoms with Crippen molar-refractivity contribution in [2.24, 2.45) is 0 Å². The molecule has 4 nitrogen and oxygen atoms in total. The van der Waals surface area contributed by atoms with Crippen molar-refractivity contribution in [3.63, 3.8) is 0 Å². The number of benzene rings is 2. The number of carbonyl (C=O) groups excluding carboxylic acids is 1. The monoisotopic (exact) mass is 370 g/mol. The van der Waals surface area contributed by atoms with Gasteiger partial charge in [0.25, 0.3) is 5.91 Å². The van der Waals surface area contributed by atoms with Crippen LogP contribution in [0.4, 0.5) is 5.69 Å². The van der Waals surface area contributed by atoms with Gasteiger partial charge in [0.2, 0.25) is 0 Å². The van der Waals surface area contributed by atoms with E-state index in [1.807, 2.05) is 55.5 Å². The smallest absolute Gasteiger partial charge is 0.261 e. The Bertz CT molecular complexity index is 836. The van der Waals surface area contributed by atoms with Gasteiger partial charge in [0.05, 0.1) is 5.69 Å². The fourth-order valence-corrected chi connectivity index (χ4v) is 2.53. The summed E-state index contributed by atoms with van der Waals surface area (Å²) in [6, 6.07) is 15.2. The minimum Gasteiger partial charge on any atom is -0.355 e. The van der Waals surface area contributed by atoms with Crippen LogP contribution in [-0.4, -0.2) is 11.1 Å². The lowest BCUT2D eigenvalue weighted by Gasteiger charge is -2.06. The summed E-state index contributed by atoms with van der Waals surface area (Å²) in [6.07, 6.45) is 0. The van der Waals surface area contributed by atoms with E-state index in [1.165, 1.54) is 0 Å². The average Bonchev–Trinajstić information content (AvgIpc) is 2.92. The number of rotatable bonds is 3. The Hall–Kier alpha value is -2.40. The van der Waals surface area contributed by atoms with Gasteiger partial charge in [-0.15, -0.1) is 0 Å². The van der Waals surface area contributed by atoms with Gasteiger partial charge in [-0.1, -0.05) is 50.9 Å². The zero-order valence-corrected chi connectivity index (χ0v) is 14.3. The number of aromatic nitrogens is 1. The molecule has 0 saturated heterocycles. The molecule has 1 aromatic heterocycles. The van der Waals surface area contributed by atoms with Crippen molar-refractivity contribution < 1.29 is 9.32 Å². The van der Waals surface area contributed by atoms with Gasteiger partial charge in [0, 0.05) is 15.7 Å². The number of hydrogen-bond donors (Lipinski definition) is 1. The van der Waals surface area contributed by atoms with Gasteiger partial charge in [0.1, 0.15) is 5.56 Å². The quantitative estimate of drug-likeness (QED) is 0.707. The van der Waals surface area contributed by atoms with Crippen LogP contribution in [-0.2, 0) is 0 Å². The maximum absolute atomic E-state index is 12.6. The first kappa shape index (κ1) is 15.5. The van der Waals surface area contributed by atoms with E-state index >= 15 is 0 Å². The standard InChI is InChI=1S/C18H15BrN2O2/c1-11-3-5-13(6-4-11)17-16(12(2)21-23-17)18(22)20-15-9-7-14(19)8-10-15/h3-10H,1-2H3,(H,20,22). The molecular weight excluding hydrogens is 356 g/mol. The van der Waals surface area contributed by atoms with E-state index in [9.17, 15) is 4.79 Å². The third-order valence-electron chi connectivity index (χ3n) is 3.51. The maximum atomic E-state index is 12.6. The highest BCUT2D eigenvalue weighted by atomic mass is 79.9. The highest BCUT2D eigenvalue weighted by Crippen LogP contribution is 2.27. The second kappa shape index (κ2) is 6.38. The highest BCUT2D eigenvalue weighted by molar-refractivity contribution is 9.10. The van der Waals surface area contributed by atoms with Crippen LogP contribution in [0, 0.1) is 13.8 Å². The van der Waals surface area contributed by atoms with Crippen molar-refractivity contribution in [1.82, 2.24) is 5.16 Å². The first-order chi connectivity index (χ1) is 11.0. The van der Waals surface area contributed by atoms with Crippen LogP contribution in [0.15, 0.2) is 57.5 Å². The van der Waals surface area contributed by atoms with E-state index < -0.39 is 0 Å². The zero-order valence-electron chi connectivity index (χ0n) is 12.8. The molecular formula is C18H15BrN2O2. The van der Waals surface area contributed by atoms with Crippen molar-refractivity contribution in [1.29, 1.82) is 0 Å². The molecule has 0 bridgehead atoms. The van der Waals surface area contributed by atoms with E-state index in [1.54, 1.807) is 6.92 Å². The fraction of sp³-hybridized carbons (Fsp3) is 0.111. The molecule has 0 unspecified atom stereocenters. The summed E-state index contributed by atoms with van der Waals surface area (Å²) in [5.41, 5.74) is 3.71. The molecule has 5 heteroatoms. The van der Waals surface area contributed by atoms with E-state index in [0.717, 1.165) is 15.6 Å². The molecule has 23 heavy (non-hydrogen) atoms. The lowest BCUT2D eigenvalue weighted by molar-refractivity contribution is 0.102. The number of nitrogens with one attached hydrogen (secondary N) is 1. The molecule has 0 atom stereocenters. The Morgan fingerprint density at radius 3 is 2.35 bits per heavy atom. The molecule has 1 heterocycles. The zero-order chi connectivity index (χ0) is 16.4. The number of hydrogen-bond acceptors (Lipinski definition) is 3. The fourth-order valence-electron chi connectivity index (χ4n) is 2.27. The predicted octanol–water partition coefficient (Wildman–Crippen LogP) is 4.97. The minimum atomic E-state index is -0.235. The molecule has 0 aliphatic heterocycles. The number of amides is 1. The van der Waals surface area contributed by atoms with Crippen LogP contribution < -0.4 is 5.32 Å². The van der Waals surface area contributed by atoms with Crippen LogP contribution in [0.5, 0.6) is 0 Å². The third-order valence-corrected chi connectivity index (χ3v) is 4.03. The molecule has 1 amide bonds. The molecule has 0 saturated carbocycles. The summed E-state index contributed by atoms with van der Waals surface area (Å²) in [4.78, 5) is 12.6. The molecule has 0 radical (unpaired) electrons. The topological polar surface area (TPSA) is 55.1 Å². The molecule has 1 N–H and O–H groups in total. The van der Waals surface area contributed by atoms with Crippen LogP contribution >= 0.6 is 15.9 Å². The normalized spacial score (nSPS) is 10.6. The Morgan fingerprint density at radius 1 is 1.04 bits per heavy atom. The van der Waals surface area contributed by atoms with Crippen LogP contribution in [0.3, 0.4) is 0 Å². The number of anilines is 1. The Labute approximate surface area is 142 Å². The number of halogens is 1. The Balaban J connectivity index is 1.93. The lowest BCUT2D eigenvalue weighted by atomic mass is 10.0. The molecule has 0 fully saturated rings. The second-order valence-corrected chi connectivity index (χ2v) is 6.21. The van der Waals surface area contributed by atoms with Crippen molar-refractivity contribution in [3.05, 3.63) is 69.8 Å². The largest absolute Gasteiger partial charge is 0.355 e. The summed E-state index contributed by atoms with van der Waals surface area (Å²) in [6.45, 7) is 3.77. The first-order valence-corrected chi connectivity index (χ1v) is 7.94. The van der Waals surface area contributed by atoms with Gasteiger partial charge >= 0.3 is 0 Å². The molecule has 3 aromatic rings. The van der Waals surface area contributed by atoms with Crippen molar-refractivity contribution >= 4 is 27.5 Å². The van der Waals surface area contributed by atoms with Gasteiger partial charge in [-0.2, -0.15) is 0 Å². The predicted molar refractivity (Wildman–Crippen MR) is 93.5 cm³/mol. The van der Waals surface area contributed by atoms with Crippen molar-refractivity contribution in [3.8, 4) is 11.3 Å². The Morgan fingerprint density at radius 2 is 1.70 bits per heavy atom. The summed E-state index contributed by atoms with van der Waals surface area (Å²) in [5, 5.41) is 6.82. The summed E-state index contributed by atoms with van der Waals surface area (Å²) in [7, 11) is 0. The number of aryl methyl sites for hydroxylation is 2. The van der Waals surface area contributed by atoms with Crippen LogP contribution in [0.1, 0.15) is 21.6 Å². The van der Waals surface area contributed by atoms with Gasteiger partial charge < -0.3 is 9.84 Å². The van der Waals surface area contributed by atoms with E-state index in [4.69, 9.17) is 4.52 Å².